The van der Waals surface area contributed by atoms with Crippen molar-refractivity contribution in [3.63, 3.8) is 0 Å². The van der Waals surface area contributed by atoms with Crippen molar-refractivity contribution in [3.05, 3.63) is 62.9 Å². The van der Waals surface area contributed by atoms with Gasteiger partial charge in [0, 0.05) is 15.9 Å². The molecule has 0 aliphatic heterocycles. The van der Waals surface area contributed by atoms with Crippen molar-refractivity contribution in [1.29, 1.82) is 0 Å². The van der Waals surface area contributed by atoms with E-state index < -0.39 is 11.6 Å². The smallest absolute Gasteiger partial charge is 0.351 e. The van der Waals surface area contributed by atoms with E-state index in [0.717, 1.165) is 4.47 Å². The zero-order valence-electron chi connectivity index (χ0n) is 13.4. The van der Waals surface area contributed by atoms with Gasteiger partial charge in [-0.2, -0.15) is 0 Å². The summed E-state index contributed by atoms with van der Waals surface area (Å²) in [5.41, 5.74) is -0.759. The Hall–Kier alpha value is -2.80. The van der Waals surface area contributed by atoms with Gasteiger partial charge in [-0.3, -0.25) is 0 Å². The van der Waals surface area contributed by atoms with Crippen LogP contribution in [0.4, 0.5) is 0 Å². The van der Waals surface area contributed by atoms with E-state index in [4.69, 9.17) is 18.6 Å². The van der Waals surface area contributed by atoms with E-state index in [1.807, 2.05) is 0 Å². The lowest BCUT2D eigenvalue weighted by Gasteiger charge is -2.08. The van der Waals surface area contributed by atoms with Crippen molar-refractivity contribution in [3.8, 4) is 17.2 Å². The summed E-state index contributed by atoms with van der Waals surface area (Å²) in [6.07, 6.45) is 0. The highest BCUT2D eigenvalue weighted by atomic mass is 79.9. The predicted molar refractivity (Wildman–Crippen MR) is 94.7 cm³/mol. The van der Waals surface area contributed by atoms with Crippen molar-refractivity contribution in [2.45, 2.75) is 0 Å². The molecule has 3 aromatic rings. The van der Waals surface area contributed by atoms with Crippen LogP contribution in [0.5, 0.6) is 17.2 Å². The molecule has 128 valence electrons. The number of methoxy groups -OCH3 is 2. The minimum Gasteiger partial charge on any atom is -0.497 e. The first kappa shape index (κ1) is 17.0. The summed E-state index contributed by atoms with van der Waals surface area (Å²) in [6.45, 7) is 0. The van der Waals surface area contributed by atoms with Crippen LogP contribution in [0.25, 0.3) is 11.0 Å². The second-order valence-corrected chi connectivity index (χ2v) is 5.96. The second kappa shape index (κ2) is 6.98. The van der Waals surface area contributed by atoms with E-state index in [1.54, 1.807) is 36.4 Å². The lowest BCUT2D eigenvalue weighted by Crippen LogP contribution is -2.18. The van der Waals surface area contributed by atoms with Crippen LogP contribution >= 0.6 is 15.9 Å². The number of rotatable bonds is 4. The molecule has 7 heteroatoms. The highest BCUT2D eigenvalue weighted by molar-refractivity contribution is 9.10. The van der Waals surface area contributed by atoms with Crippen LogP contribution in [0.15, 0.2) is 56.1 Å². The van der Waals surface area contributed by atoms with Gasteiger partial charge in [-0.1, -0.05) is 22.0 Å². The number of hydrogen-bond donors (Lipinski definition) is 0. The molecule has 25 heavy (non-hydrogen) atoms. The number of ether oxygens (including phenoxy) is 3. The van der Waals surface area contributed by atoms with Crippen LogP contribution in [-0.4, -0.2) is 20.2 Å². The molecule has 2 aromatic carbocycles. The highest BCUT2D eigenvalue weighted by Gasteiger charge is 2.18. The maximum absolute atomic E-state index is 12.4. The third kappa shape index (κ3) is 3.51. The van der Waals surface area contributed by atoms with Crippen LogP contribution in [-0.2, 0) is 0 Å². The van der Waals surface area contributed by atoms with E-state index in [9.17, 15) is 9.59 Å². The molecular formula is C18H13BrO6. The Morgan fingerprint density at radius 1 is 1.04 bits per heavy atom. The van der Waals surface area contributed by atoms with Crippen LogP contribution in [0.3, 0.4) is 0 Å². The van der Waals surface area contributed by atoms with Crippen LogP contribution in [0.1, 0.15) is 10.4 Å². The lowest BCUT2D eigenvalue weighted by molar-refractivity contribution is 0.0730. The Morgan fingerprint density at radius 3 is 2.52 bits per heavy atom. The van der Waals surface area contributed by atoms with E-state index in [0.29, 0.717) is 16.9 Å². The first-order valence-corrected chi connectivity index (χ1v) is 7.98. The Kier molecular flexibility index (Phi) is 4.76. The molecule has 1 heterocycles. The zero-order chi connectivity index (χ0) is 18.0. The SMILES string of the molecule is COc1cccc(OC(=O)c2cc3cc(Br)cc(OC)c3oc2=O)c1. The number of halogens is 1. The lowest BCUT2D eigenvalue weighted by atomic mass is 10.2. The minimum atomic E-state index is -0.817. The molecule has 1 aromatic heterocycles. The van der Waals surface area contributed by atoms with E-state index in [2.05, 4.69) is 15.9 Å². The third-order valence-electron chi connectivity index (χ3n) is 3.45. The number of carbonyl (C=O) groups excluding carboxylic acids is 1. The fourth-order valence-corrected chi connectivity index (χ4v) is 2.74. The summed E-state index contributed by atoms with van der Waals surface area (Å²) in [5, 5.41) is 0.531. The first-order chi connectivity index (χ1) is 12.0. The van der Waals surface area contributed by atoms with Gasteiger partial charge in [0.2, 0.25) is 0 Å². The number of hydrogen-bond acceptors (Lipinski definition) is 6. The molecule has 0 aliphatic carbocycles. The van der Waals surface area contributed by atoms with Gasteiger partial charge in [-0.05, 0) is 30.3 Å². The number of fused-ring (bicyclic) bond motifs is 1. The monoisotopic (exact) mass is 404 g/mol. The van der Waals surface area contributed by atoms with Gasteiger partial charge >= 0.3 is 11.6 Å². The molecule has 0 saturated heterocycles. The van der Waals surface area contributed by atoms with Gasteiger partial charge in [0.1, 0.15) is 17.1 Å². The molecule has 0 saturated carbocycles. The van der Waals surface area contributed by atoms with Crippen molar-refractivity contribution in [1.82, 2.24) is 0 Å². The Bertz CT molecular complexity index is 1010. The fraction of sp³-hybridized carbons (Fsp3) is 0.111. The van der Waals surface area contributed by atoms with Crippen molar-refractivity contribution in [2.24, 2.45) is 0 Å². The molecule has 0 spiro atoms. The molecule has 6 nitrogen and oxygen atoms in total. The van der Waals surface area contributed by atoms with Crippen molar-refractivity contribution in [2.75, 3.05) is 14.2 Å². The summed E-state index contributed by atoms with van der Waals surface area (Å²) in [5.74, 6) is 0.359. The molecule has 0 unspecified atom stereocenters. The maximum Gasteiger partial charge on any atom is 0.351 e. The van der Waals surface area contributed by atoms with Gasteiger partial charge in [0.05, 0.1) is 14.2 Å². The van der Waals surface area contributed by atoms with E-state index in [1.165, 1.54) is 20.3 Å². The van der Waals surface area contributed by atoms with Crippen LogP contribution < -0.4 is 19.8 Å². The molecule has 0 fully saturated rings. The minimum absolute atomic E-state index is 0.213. The van der Waals surface area contributed by atoms with Gasteiger partial charge in [0.25, 0.3) is 0 Å². The number of benzene rings is 2. The molecule has 0 N–H and O–H groups in total. The van der Waals surface area contributed by atoms with Crippen LogP contribution in [0, 0.1) is 0 Å². The Balaban J connectivity index is 2.01. The summed E-state index contributed by atoms with van der Waals surface area (Å²) in [7, 11) is 2.97. The number of esters is 1. The standard InChI is InChI=1S/C18H13BrO6/c1-22-12-4-3-5-13(9-12)24-17(20)14-7-10-6-11(19)8-15(23-2)16(10)25-18(14)21/h3-9H,1-2H3. The normalized spacial score (nSPS) is 10.5. The zero-order valence-corrected chi connectivity index (χ0v) is 15.0. The van der Waals surface area contributed by atoms with Crippen molar-refractivity contribution >= 4 is 32.9 Å². The maximum atomic E-state index is 12.4. The summed E-state index contributed by atoms with van der Waals surface area (Å²) in [6, 6.07) is 11.3. The van der Waals surface area contributed by atoms with Crippen molar-refractivity contribution < 1.29 is 23.4 Å². The quantitative estimate of drug-likeness (QED) is 0.374. The molecule has 0 atom stereocenters. The highest BCUT2D eigenvalue weighted by Crippen LogP contribution is 2.29. The Morgan fingerprint density at radius 2 is 1.80 bits per heavy atom. The van der Waals surface area contributed by atoms with Gasteiger partial charge in [0.15, 0.2) is 11.3 Å². The van der Waals surface area contributed by atoms with E-state index >= 15 is 0 Å². The topological polar surface area (TPSA) is 75.0 Å². The fourth-order valence-electron chi connectivity index (χ4n) is 2.29. The molecule has 0 bridgehead atoms. The molecule has 0 radical (unpaired) electrons. The average Bonchev–Trinajstić information content (AvgIpc) is 2.61. The summed E-state index contributed by atoms with van der Waals surface area (Å²) >= 11 is 3.34. The summed E-state index contributed by atoms with van der Waals surface area (Å²) < 4.78 is 21.5. The third-order valence-corrected chi connectivity index (χ3v) is 3.91. The predicted octanol–water partition coefficient (Wildman–Crippen LogP) is 3.79. The average molecular weight is 405 g/mol. The summed E-state index contributed by atoms with van der Waals surface area (Å²) in [4.78, 5) is 24.5. The van der Waals surface area contributed by atoms with Gasteiger partial charge < -0.3 is 18.6 Å². The molecule has 0 amide bonds. The first-order valence-electron chi connectivity index (χ1n) is 7.19. The molecule has 0 aliphatic rings. The largest absolute Gasteiger partial charge is 0.497 e. The van der Waals surface area contributed by atoms with Gasteiger partial charge in [-0.15, -0.1) is 0 Å². The van der Waals surface area contributed by atoms with E-state index in [-0.39, 0.29) is 16.9 Å². The van der Waals surface area contributed by atoms with Gasteiger partial charge in [-0.25, -0.2) is 9.59 Å². The Labute approximate surface area is 151 Å². The second-order valence-electron chi connectivity index (χ2n) is 5.04. The number of carbonyl (C=O) groups is 1. The van der Waals surface area contributed by atoms with Crippen LogP contribution in [0.2, 0.25) is 0 Å². The molecule has 3 rings (SSSR count). The molecular weight excluding hydrogens is 392 g/mol.